The first-order chi connectivity index (χ1) is 13.2. The van der Waals surface area contributed by atoms with Crippen molar-refractivity contribution in [1.29, 1.82) is 0 Å². The fourth-order valence-electron chi connectivity index (χ4n) is 3.16. The number of benzene rings is 1. The highest BCUT2D eigenvalue weighted by molar-refractivity contribution is 5.79. The summed E-state index contributed by atoms with van der Waals surface area (Å²) in [6.45, 7) is 14.0. The monoisotopic (exact) mass is 376 g/mol. The molecule has 1 atom stereocenters. The minimum atomic E-state index is 0.322. The number of nitrogens with zero attached hydrogens (tertiary/aromatic N) is 2. The van der Waals surface area contributed by atoms with E-state index in [0.717, 1.165) is 64.9 Å². The third-order valence-electron chi connectivity index (χ3n) is 4.45. The molecular formula is C21H36N4O2. The summed E-state index contributed by atoms with van der Waals surface area (Å²) in [5.41, 5.74) is 2.58. The Labute approximate surface area is 164 Å². The maximum absolute atomic E-state index is 5.63. The van der Waals surface area contributed by atoms with Crippen LogP contribution >= 0.6 is 0 Å². The van der Waals surface area contributed by atoms with Gasteiger partial charge in [-0.1, -0.05) is 24.3 Å². The second kappa shape index (κ2) is 12.7. The molecule has 1 fully saturated rings. The molecule has 0 amide bonds. The Morgan fingerprint density at radius 2 is 2.15 bits per heavy atom. The zero-order valence-electron chi connectivity index (χ0n) is 17.2. The molecule has 1 aromatic carbocycles. The van der Waals surface area contributed by atoms with Crippen LogP contribution in [-0.4, -0.2) is 63.0 Å². The first kappa shape index (κ1) is 21.7. The molecule has 2 rings (SSSR count). The van der Waals surface area contributed by atoms with Crippen LogP contribution in [0.5, 0.6) is 0 Å². The molecule has 0 saturated carbocycles. The molecule has 1 aromatic rings. The van der Waals surface area contributed by atoms with Crippen LogP contribution < -0.4 is 10.6 Å². The number of nitrogens with one attached hydrogen (secondary N) is 2. The van der Waals surface area contributed by atoms with Gasteiger partial charge < -0.3 is 20.1 Å². The average molecular weight is 377 g/mol. The highest BCUT2D eigenvalue weighted by Gasteiger charge is 2.16. The Kier molecular flexibility index (Phi) is 10.2. The van der Waals surface area contributed by atoms with E-state index in [2.05, 4.69) is 53.6 Å². The summed E-state index contributed by atoms with van der Waals surface area (Å²) in [6.07, 6.45) is 1.30. The summed E-state index contributed by atoms with van der Waals surface area (Å²) in [6, 6.07) is 8.74. The van der Waals surface area contributed by atoms with E-state index < -0.39 is 0 Å². The third-order valence-corrected chi connectivity index (χ3v) is 4.45. The molecule has 0 bridgehead atoms. The highest BCUT2D eigenvalue weighted by Crippen LogP contribution is 2.12. The van der Waals surface area contributed by atoms with Gasteiger partial charge in [0.1, 0.15) is 0 Å². The number of ether oxygens (including phenoxy) is 2. The van der Waals surface area contributed by atoms with Crippen molar-refractivity contribution in [2.75, 3.05) is 46.0 Å². The first-order valence-electron chi connectivity index (χ1n) is 10.2. The topological polar surface area (TPSA) is 58.1 Å². The molecule has 0 spiro atoms. The Morgan fingerprint density at radius 1 is 1.30 bits per heavy atom. The van der Waals surface area contributed by atoms with Gasteiger partial charge in [0.15, 0.2) is 5.96 Å². The fraction of sp³-hybridized carbons (Fsp3) is 0.667. The van der Waals surface area contributed by atoms with Gasteiger partial charge in [-0.3, -0.25) is 4.90 Å². The van der Waals surface area contributed by atoms with Gasteiger partial charge in [-0.15, -0.1) is 0 Å². The summed E-state index contributed by atoms with van der Waals surface area (Å²) >= 11 is 0. The average Bonchev–Trinajstić information content (AvgIpc) is 2.66. The summed E-state index contributed by atoms with van der Waals surface area (Å²) < 4.78 is 11.0. The number of hydrogen-bond acceptors (Lipinski definition) is 4. The molecule has 2 N–H and O–H groups in total. The molecule has 1 aliphatic heterocycles. The second-order valence-corrected chi connectivity index (χ2v) is 6.91. The molecule has 152 valence electrons. The Morgan fingerprint density at radius 3 is 2.93 bits per heavy atom. The lowest BCUT2D eigenvalue weighted by Crippen LogP contribution is -2.40. The normalized spacial score (nSPS) is 18.5. The number of morpholine rings is 1. The molecule has 1 heterocycles. The van der Waals surface area contributed by atoms with Gasteiger partial charge in [-0.2, -0.15) is 0 Å². The van der Waals surface area contributed by atoms with Gasteiger partial charge in [-0.05, 0) is 38.3 Å². The van der Waals surface area contributed by atoms with Gasteiger partial charge in [-0.25, -0.2) is 4.99 Å². The lowest BCUT2D eigenvalue weighted by atomic mass is 10.1. The van der Waals surface area contributed by atoms with Crippen LogP contribution in [0.3, 0.4) is 0 Å². The number of rotatable bonds is 10. The number of hydrogen-bond donors (Lipinski definition) is 2. The van der Waals surface area contributed by atoms with Crippen molar-refractivity contribution in [1.82, 2.24) is 15.5 Å². The van der Waals surface area contributed by atoms with Crippen LogP contribution in [0, 0.1) is 0 Å². The lowest BCUT2D eigenvalue weighted by molar-refractivity contribution is -0.0212. The van der Waals surface area contributed by atoms with Gasteiger partial charge in [0.05, 0.1) is 19.3 Å². The first-order valence-corrected chi connectivity index (χ1v) is 10.2. The van der Waals surface area contributed by atoms with Crippen molar-refractivity contribution < 1.29 is 9.47 Å². The van der Waals surface area contributed by atoms with E-state index in [-0.39, 0.29) is 0 Å². The molecule has 1 aliphatic rings. The lowest BCUT2D eigenvalue weighted by Gasteiger charge is -2.31. The Balaban J connectivity index is 1.85. The Bertz CT molecular complexity index is 565. The predicted octanol–water partition coefficient (Wildman–Crippen LogP) is 2.39. The second-order valence-electron chi connectivity index (χ2n) is 6.91. The zero-order valence-corrected chi connectivity index (χ0v) is 17.2. The van der Waals surface area contributed by atoms with Gasteiger partial charge in [0.2, 0.25) is 0 Å². The molecule has 0 aliphatic carbocycles. The van der Waals surface area contributed by atoms with Crippen LogP contribution in [0.15, 0.2) is 29.3 Å². The van der Waals surface area contributed by atoms with Crippen LogP contribution in [0.1, 0.15) is 38.3 Å². The molecule has 6 heteroatoms. The van der Waals surface area contributed by atoms with Crippen molar-refractivity contribution in [3.8, 4) is 0 Å². The number of aliphatic imine (C=N–C) groups is 1. The predicted molar refractivity (Wildman–Crippen MR) is 111 cm³/mol. The van der Waals surface area contributed by atoms with Crippen LogP contribution in [0.2, 0.25) is 0 Å². The maximum atomic E-state index is 5.63. The van der Waals surface area contributed by atoms with E-state index in [0.29, 0.717) is 12.6 Å². The molecule has 1 unspecified atom stereocenters. The van der Waals surface area contributed by atoms with Gasteiger partial charge in [0.25, 0.3) is 0 Å². The molecule has 27 heavy (non-hydrogen) atoms. The quantitative estimate of drug-likeness (QED) is 0.373. The maximum Gasteiger partial charge on any atom is 0.191 e. The van der Waals surface area contributed by atoms with Crippen LogP contribution in [0.25, 0.3) is 0 Å². The van der Waals surface area contributed by atoms with Gasteiger partial charge in [0, 0.05) is 45.9 Å². The highest BCUT2D eigenvalue weighted by atomic mass is 16.5. The minimum absolute atomic E-state index is 0.322. The van der Waals surface area contributed by atoms with Crippen molar-refractivity contribution in [2.24, 2.45) is 4.99 Å². The SMILES string of the molecule is CCNC(=NCc1cccc(CN2CCOC(C)C2)c1)NCCCOCC. The molecule has 0 radical (unpaired) electrons. The smallest absolute Gasteiger partial charge is 0.191 e. The standard InChI is InChI=1S/C21H36N4O2/c1-4-22-21(23-10-7-12-26-5-2)24-15-19-8-6-9-20(14-19)17-25-11-13-27-18(3)16-25/h6,8-9,14,18H,4-5,7,10-13,15-17H2,1-3H3,(H2,22,23,24). The summed E-state index contributed by atoms with van der Waals surface area (Å²) in [5.74, 6) is 0.862. The molecule has 1 saturated heterocycles. The van der Waals surface area contributed by atoms with Crippen LogP contribution in [0.4, 0.5) is 0 Å². The van der Waals surface area contributed by atoms with E-state index >= 15 is 0 Å². The van der Waals surface area contributed by atoms with E-state index in [4.69, 9.17) is 14.5 Å². The summed E-state index contributed by atoms with van der Waals surface area (Å²) in [4.78, 5) is 7.18. The summed E-state index contributed by atoms with van der Waals surface area (Å²) in [7, 11) is 0. The molecule has 0 aromatic heterocycles. The van der Waals surface area contributed by atoms with Crippen molar-refractivity contribution >= 4 is 5.96 Å². The van der Waals surface area contributed by atoms with Crippen molar-refractivity contribution in [3.05, 3.63) is 35.4 Å². The van der Waals surface area contributed by atoms with Crippen molar-refractivity contribution in [3.63, 3.8) is 0 Å². The number of guanidine groups is 1. The Hall–Kier alpha value is -1.63. The zero-order chi connectivity index (χ0) is 19.3. The van der Waals surface area contributed by atoms with Crippen molar-refractivity contribution in [2.45, 2.75) is 46.4 Å². The summed E-state index contributed by atoms with van der Waals surface area (Å²) in [5, 5.41) is 6.68. The van der Waals surface area contributed by atoms with E-state index in [1.807, 2.05) is 6.92 Å². The largest absolute Gasteiger partial charge is 0.382 e. The minimum Gasteiger partial charge on any atom is -0.382 e. The van der Waals surface area contributed by atoms with E-state index in [1.165, 1.54) is 11.1 Å². The molecular weight excluding hydrogens is 340 g/mol. The van der Waals surface area contributed by atoms with Gasteiger partial charge >= 0.3 is 0 Å². The van der Waals surface area contributed by atoms with E-state index in [9.17, 15) is 0 Å². The fourth-order valence-corrected chi connectivity index (χ4v) is 3.16. The molecule has 6 nitrogen and oxygen atoms in total. The van der Waals surface area contributed by atoms with Crippen LogP contribution in [-0.2, 0) is 22.6 Å². The third kappa shape index (κ3) is 8.73. The van der Waals surface area contributed by atoms with E-state index in [1.54, 1.807) is 0 Å².